The molecule has 2 aromatic heterocycles. The smallest absolute Gasteiger partial charge is 0.164 e. The van der Waals surface area contributed by atoms with E-state index in [2.05, 4.69) is 78.9 Å². The van der Waals surface area contributed by atoms with E-state index in [4.69, 9.17) is 19.4 Å². The highest BCUT2D eigenvalue weighted by Gasteiger charge is 2.22. The van der Waals surface area contributed by atoms with Crippen LogP contribution in [0.3, 0.4) is 0 Å². The zero-order chi connectivity index (χ0) is 31.6. The second-order valence-corrected chi connectivity index (χ2v) is 13.1. The third-order valence-electron chi connectivity index (χ3n) is 9.14. The van der Waals surface area contributed by atoms with E-state index in [0.717, 1.165) is 44.2 Å². The minimum absolute atomic E-state index is 0.659. The molecule has 3 heterocycles. The molecule has 9 aromatic rings. The number of nitrogens with zero attached hydrogens (tertiary/aromatic N) is 3. The molecule has 7 aromatic carbocycles. The molecule has 0 N–H and O–H groups in total. The van der Waals surface area contributed by atoms with Gasteiger partial charge in [0.1, 0.15) is 11.2 Å². The van der Waals surface area contributed by atoms with Crippen LogP contribution in [0.1, 0.15) is 0 Å². The number of benzene rings is 7. The van der Waals surface area contributed by atoms with E-state index in [1.54, 1.807) is 11.8 Å². The molecule has 10 rings (SSSR count). The molecule has 0 amide bonds. The van der Waals surface area contributed by atoms with Crippen LogP contribution < -0.4 is 0 Å². The van der Waals surface area contributed by atoms with Gasteiger partial charge >= 0.3 is 0 Å². The van der Waals surface area contributed by atoms with E-state index < -0.39 is 0 Å². The molecule has 0 atom stereocenters. The summed E-state index contributed by atoms with van der Waals surface area (Å²) in [7, 11) is 0. The average molecular weight is 632 g/mol. The van der Waals surface area contributed by atoms with Crippen molar-refractivity contribution in [2.45, 2.75) is 9.79 Å². The van der Waals surface area contributed by atoms with Crippen LogP contribution in [0.15, 0.2) is 166 Å². The number of para-hydroxylation sites is 1. The first-order chi connectivity index (χ1) is 23.8. The standard InChI is InChI=1S/C43H25N3OS/c1-3-10-26(11-4-1)41-44-42(27-12-5-2-6-13-27)46-43(45-41)29-19-21-33-35-16-9-15-34-30(22-23-38(40(34)35)48-39(33)25-29)28-18-20-32-31-14-7-8-17-36(31)47-37(32)24-28/h1-25H. The minimum Gasteiger partial charge on any atom is -0.456 e. The van der Waals surface area contributed by atoms with Gasteiger partial charge in [-0.25, -0.2) is 15.0 Å². The van der Waals surface area contributed by atoms with E-state index in [9.17, 15) is 0 Å². The molecule has 1 aliphatic heterocycles. The molecule has 0 fully saturated rings. The number of rotatable bonds is 4. The van der Waals surface area contributed by atoms with Crippen LogP contribution in [0.2, 0.25) is 0 Å². The van der Waals surface area contributed by atoms with Crippen LogP contribution in [0, 0.1) is 0 Å². The molecule has 224 valence electrons. The second kappa shape index (κ2) is 10.8. The maximum Gasteiger partial charge on any atom is 0.164 e. The maximum absolute atomic E-state index is 6.25. The van der Waals surface area contributed by atoms with E-state index >= 15 is 0 Å². The SMILES string of the molecule is c1ccc(-c2nc(-c3ccccc3)nc(-c3ccc4c(c3)Sc3ccc(-c5ccc6c(c5)oc5ccccc56)c5cccc-4c35)n2)cc1. The minimum atomic E-state index is 0.659. The van der Waals surface area contributed by atoms with Crippen molar-refractivity contribution < 1.29 is 4.42 Å². The third kappa shape index (κ3) is 4.36. The van der Waals surface area contributed by atoms with E-state index in [1.165, 1.54) is 37.3 Å². The Morgan fingerprint density at radius 3 is 1.77 bits per heavy atom. The quantitative estimate of drug-likeness (QED) is 0.193. The fourth-order valence-corrected chi connectivity index (χ4v) is 8.02. The summed E-state index contributed by atoms with van der Waals surface area (Å²) in [6.07, 6.45) is 0. The summed E-state index contributed by atoms with van der Waals surface area (Å²) >= 11 is 1.80. The molecule has 0 bridgehead atoms. The Balaban J connectivity index is 1.09. The largest absolute Gasteiger partial charge is 0.456 e. The Bertz CT molecular complexity index is 2640. The lowest BCUT2D eigenvalue weighted by Gasteiger charge is -2.22. The lowest BCUT2D eigenvalue weighted by Crippen LogP contribution is -2.01. The Morgan fingerprint density at radius 1 is 0.375 bits per heavy atom. The molecule has 5 heteroatoms. The third-order valence-corrected chi connectivity index (χ3v) is 10.3. The highest BCUT2D eigenvalue weighted by atomic mass is 32.2. The fraction of sp³-hybridized carbons (Fsp3) is 0. The van der Waals surface area contributed by atoms with Gasteiger partial charge in [0.15, 0.2) is 17.5 Å². The van der Waals surface area contributed by atoms with E-state index in [0.29, 0.717) is 17.5 Å². The molecule has 0 radical (unpaired) electrons. The molecular formula is C43H25N3OS. The monoisotopic (exact) mass is 631 g/mol. The van der Waals surface area contributed by atoms with Gasteiger partial charge in [-0.2, -0.15) is 0 Å². The van der Waals surface area contributed by atoms with E-state index in [-0.39, 0.29) is 0 Å². The summed E-state index contributed by atoms with van der Waals surface area (Å²) in [5.41, 5.74) is 9.50. The summed E-state index contributed by atoms with van der Waals surface area (Å²) in [5, 5.41) is 4.80. The number of fused-ring (bicyclic) bond motifs is 5. The Morgan fingerprint density at radius 2 is 1.00 bits per heavy atom. The normalized spacial score (nSPS) is 12.1. The van der Waals surface area contributed by atoms with Crippen molar-refractivity contribution in [3.8, 4) is 56.4 Å². The molecular weight excluding hydrogens is 607 g/mol. The Kier molecular flexibility index (Phi) is 6.08. The molecule has 4 nitrogen and oxygen atoms in total. The van der Waals surface area contributed by atoms with Crippen LogP contribution in [0.5, 0.6) is 0 Å². The van der Waals surface area contributed by atoms with Gasteiger partial charge in [-0.15, -0.1) is 0 Å². The summed E-state index contributed by atoms with van der Waals surface area (Å²) in [6.45, 7) is 0. The van der Waals surface area contributed by atoms with Crippen molar-refractivity contribution >= 4 is 44.5 Å². The van der Waals surface area contributed by atoms with Gasteiger partial charge in [0.25, 0.3) is 0 Å². The first kappa shape index (κ1) is 27.1. The lowest BCUT2D eigenvalue weighted by atomic mass is 9.92. The lowest BCUT2D eigenvalue weighted by molar-refractivity contribution is 0.669. The summed E-state index contributed by atoms with van der Waals surface area (Å²) in [6, 6.07) is 52.8. The molecule has 0 spiro atoms. The first-order valence-electron chi connectivity index (χ1n) is 15.9. The predicted molar refractivity (Wildman–Crippen MR) is 196 cm³/mol. The molecule has 1 aliphatic rings. The van der Waals surface area contributed by atoms with Crippen molar-refractivity contribution in [1.29, 1.82) is 0 Å². The molecule has 48 heavy (non-hydrogen) atoms. The van der Waals surface area contributed by atoms with E-state index in [1.807, 2.05) is 72.8 Å². The summed E-state index contributed by atoms with van der Waals surface area (Å²) < 4.78 is 6.25. The van der Waals surface area contributed by atoms with Gasteiger partial charge in [-0.3, -0.25) is 0 Å². The van der Waals surface area contributed by atoms with Gasteiger partial charge in [-0.1, -0.05) is 133 Å². The van der Waals surface area contributed by atoms with Gasteiger partial charge in [-0.05, 0) is 58.0 Å². The zero-order valence-electron chi connectivity index (χ0n) is 25.6. The van der Waals surface area contributed by atoms with Gasteiger partial charge in [0, 0.05) is 42.6 Å². The van der Waals surface area contributed by atoms with Crippen LogP contribution >= 0.6 is 11.8 Å². The molecule has 0 aliphatic carbocycles. The first-order valence-corrected chi connectivity index (χ1v) is 16.8. The van der Waals surface area contributed by atoms with Gasteiger partial charge in [0.05, 0.1) is 0 Å². The predicted octanol–water partition coefficient (Wildman–Crippen LogP) is 11.7. The van der Waals surface area contributed by atoms with Crippen molar-refractivity contribution in [3.05, 3.63) is 152 Å². The highest BCUT2D eigenvalue weighted by molar-refractivity contribution is 7.99. The van der Waals surface area contributed by atoms with Crippen LogP contribution in [0.4, 0.5) is 0 Å². The van der Waals surface area contributed by atoms with Crippen molar-refractivity contribution in [2.24, 2.45) is 0 Å². The highest BCUT2D eigenvalue weighted by Crippen LogP contribution is 2.50. The summed E-state index contributed by atoms with van der Waals surface area (Å²) in [4.78, 5) is 17.2. The molecule has 0 saturated heterocycles. The Labute approximate surface area is 280 Å². The van der Waals surface area contributed by atoms with Gasteiger partial charge < -0.3 is 4.42 Å². The summed E-state index contributed by atoms with van der Waals surface area (Å²) in [5.74, 6) is 1.98. The number of hydrogen-bond acceptors (Lipinski definition) is 5. The van der Waals surface area contributed by atoms with Gasteiger partial charge in [0.2, 0.25) is 0 Å². The average Bonchev–Trinajstić information content (AvgIpc) is 3.53. The van der Waals surface area contributed by atoms with Crippen LogP contribution in [-0.2, 0) is 0 Å². The topological polar surface area (TPSA) is 51.8 Å². The van der Waals surface area contributed by atoms with Crippen molar-refractivity contribution in [1.82, 2.24) is 15.0 Å². The van der Waals surface area contributed by atoms with Crippen molar-refractivity contribution in [2.75, 3.05) is 0 Å². The number of furan rings is 1. The second-order valence-electron chi connectivity index (χ2n) is 12.0. The molecule has 0 saturated carbocycles. The van der Waals surface area contributed by atoms with Crippen LogP contribution in [0.25, 0.3) is 89.1 Å². The fourth-order valence-electron chi connectivity index (χ4n) is 6.85. The maximum atomic E-state index is 6.25. The Hall–Kier alpha value is -6.04. The van der Waals surface area contributed by atoms with Crippen LogP contribution in [-0.4, -0.2) is 15.0 Å². The molecule has 0 unspecified atom stereocenters. The van der Waals surface area contributed by atoms with Crippen molar-refractivity contribution in [3.63, 3.8) is 0 Å². The zero-order valence-corrected chi connectivity index (χ0v) is 26.4. The number of aromatic nitrogens is 3. The number of hydrogen-bond donors (Lipinski definition) is 0.